The van der Waals surface area contributed by atoms with E-state index in [1.807, 2.05) is 13.0 Å². The van der Waals surface area contributed by atoms with Gasteiger partial charge in [-0.1, -0.05) is 22.9 Å². The van der Waals surface area contributed by atoms with E-state index in [-0.39, 0.29) is 6.42 Å². The first-order valence-electron chi connectivity index (χ1n) is 5.95. The molecule has 2 rings (SSSR count). The number of aliphatic carboxylic acids is 1. The fraction of sp³-hybridized carbons (Fsp3) is 0.462. The average molecular weight is 315 g/mol. The maximum Gasteiger partial charge on any atom is 0.303 e. The molecule has 0 atom stereocenters. The summed E-state index contributed by atoms with van der Waals surface area (Å²) in [5.74, 6) is 0.718. The first-order valence-corrected chi connectivity index (χ1v) is 6.74. The quantitative estimate of drug-likeness (QED) is 0.928. The second kappa shape index (κ2) is 5.61. The van der Waals surface area contributed by atoms with Crippen LogP contribution in [-0.4, -0.2) is 24.3 Å². The lowest BCUT2D eigenvalue weighted by Crippen LogP contribution is -2.17. The lowest BCUT2D eigenvalue weighted by Gasteiger charge is -2.23. The fourth-order valence-corrected chi connectivity index (χ4v) is 2.78. The van der Waals surface area contributed by atoms with Crippen LogP contribution in [0, 0.1) is 0 Å². The number of hydrogen-bond acceptors (Lipinski definition) is 3. The Hall–Kier alpha value is -1.23. The number of halogens is 1. The van der Waals surface area contributed by atoms with Crippen LogP contribution in [0.15, 0.2) is 10.5 Å². The molecule has 0 radical (unpaired) electrons. The van der Waals surface area contributed by atoms with Gasteiger partial charge in [-0.2, -0.15) is 0 Å². The van der Waals surface area contributed by atoms with Gasteiger partial charge in [0.15, 0.2) is 11.5 Å². The zero-order chi connectivity index (χ0) is 13.1. The van der Waals surface area contributed by atoms with E-state index in [0.29, 0.717) is 19.6 Å². The molecule has 1 aromatic carbocycles. The molecule has 1 aromatic rings. The Morgan fingerprint density at radius 2 is 2.11 bits per heavy atom. The summed E-state index contributed by atoms with van der Waals surface area (Å²) in [7, 11) is 0. The topological polar surface area (TPSA) is 55.8 Å². The Morgan fingerprint density at radius 1 is 1.39 bits per heavy atom. The zero-order valence-electron chi connectivity index (χ0n) is 10.2. The molecule has 18 heavy (non-hydrogen) atoms. The van der Waals surface area contributed by atoms with E-state index in [1.54, 1.807) is 0 Å². The van der Waals surface area contributed by atoms with Crippen LogP contribution >= 0.6 is 15.9 Å². The first-order chi connectivity index (χ1) is 8.63. The second-order valence-corrected chi connectivity index (χ2v) is 4.94. The molecule has 1 aliphatic heterocycles. The van der Waals surface area contributed by atoms with Crippen LogP contribution in [0.5, 0.6) is 11.5 Å². The highest BCUT2D eigenvalue weighted by Crippen LogP contribution is 2.40. The number of carboxylic acids is 1. The molecule has 0 amide bonds. The first kappa shape index (κ1) is 13.2. The third-order valence-corrected chi connectivity index (χ3v) is 3.65. The summed E-state index contributed by atoms with van der Waals surface area (Å²) < 4.78 is 12.1. The minimum atomic E-state index is -0.793. The SMILES string of the molecule is CCc1c(CCC(=O)O)c(Br)cc2c1OCCO2. The molecule has 0 unspecified atom stereocenters. The van der Waals surface area contributed by atoms with E-state index in [2.05, 4.69) is 15.9 Å². The summed E-state index contributed by atoms with van der Waals surface area (Å²) >= 11 is 3.49. The van der Waals surface area contributed by atoms with Gasteiger partial charge < -0.3 is 14.6 Å². The lowest BCUT2D eigenvalue weighted by atomic mass is 9.99. The van der Waals surface area contributed by atoms with Gasteiger partial charge >= 0.3 is 5.97 Å². The third kappa shape index (κ3) is 2.61. The van der Waals surface area contributed by atoms with Crippen molar-refractivity contribution < 1.29 is 19.4 Å². The summed E-state index contributed by atoms with van der Waals surface area (Å²) in [6.07, 6.45) is 1.40. The Morgan fingerprint density at radius 3 is 2.78 bits per heavy atom. The highest BCUT2D eigenvalue weighted by Gasteiger charge is 2.21. The average Bonchev–Trinajstić information content (AvgIpc) is 2.35. The molecular weight excluding hydrogens is 300 g/mol. The highest BCUT2D eigenvalue weighted by atomic mass is 79.9. The number of hydrogen-bond donors (Lipinski definition) is 1. The molecule has 1 aliphatic rings. The summed E-state index contributed by atoms with van der Waals surface area (Å²) in [5.41, 5.74) is 2.05. The van der Waals surface area contributed by atoms with Crippen LogP contribution in [0.25, 0.3) is 0 Å². The number of carboxylic acid groups (broad SMARTS) is 1. The molecule has 0 aliphatic carbocycles. The summed E-state index contributed by atoms with van der Waals surface area (Å²) in [6.45, 7) is 3.13. The van der Waals surface area contributed by atoms with Gasteiger partial charge in [0.05, 0.1) is 0 Å². The minimum Gasteiger partial charge on any atom is -0.486 e. The van der Waals surface area contributed by atoms with E-state index in [4.69, 9.17) is 14.6 Å². The van der Waals surface area contributed by atoms with Gasteiger partial charge in [-0.15, -0.1) is 0 Å². The Kier molecular flexibility index (Phi) is 4.11. The van der Waals surface area contributed by atoms with Crippen molar-refractivity contribution in [2.45, 2.75) is 26.2 Å². The number of rotatable bonds is 4. The van der Waals surface area contributed by atoms with Crippen LogP contribution < -0.4 is 9.47 Å². The summed E-state index contributed by atoms with van der Waals surface area (Å²) in [4.78, 5) is 10.7. The normalized spacial score (nSPS) is 13.4. The number of carbonyl (C=O) groups is 1. The van der Waals surface area contributed by atoms with E-state index in [0.717, 1.165) is 33.5 Å². The Balaban J connectivity index is 2.41. The molecule has 1 N–H and O–H groups in total. The van der Waals surface area contributed by atoms with Crippen LogP contribution in [0.3, 0.4) is 0 Å². The smallest absolute Gasteiger partial charge is 0.303 e. The Bertz CT molecular complexity index is 471. The summed E-state index contributed by atoms with van der Waals surface area (Å²) in [5, 5.41) is 8.80. The predicted octanol–water partition coefficient (Wildman–Crippen LogP) is 2.80. The minimum absolute atomic E-state index is 0.116. The summed E-state index contributed by atoms with van der Waals surface area (Å²) in [6, 6.07) is 1.87. The van der Waals surface area contributed by atoms with Crippen molar-refractivity contribution >= 4 is 21.9 Å². The fourth-order valence-electron chi connectivity index (χ4n) is 2.13. The molecule has 0 saturated carbocycles. The largest absolute Gasteiger partial charge is 0.486 e. The predicted molar refractivity (Wildman–Crippen MR) is 70.5 cm³/mol. The molecule has 0 bridgehead atoms. The third-order valence-electron chi connectivity index (χ3n) is 2.94. The van der Waals surface area contributed by atoms with Crippen LogP contribution in [0.2, 0.25) is 0 Å². The molecular formula is C13H15BrO4. The standard InChI is InChI=1S/C13H15BrO4/c1-2-8-9(3-4-12(15)16)10(14)7-11-13(8)18-6-5-17-11/h7H,2-6H2,1H3,(H,15,16). The van der Waals surface area contributed by atoms with E-state index in [9.17, 15) is 4.79 Å². The van der Waals surface area contributed by atoms with Gasteiger partial charge in [0.2, 0.25) is 0 Å². The van der Waals surface area contributed by atoms with Crippen molar-refractivity contribution in [3.63, 3.8) is 0 Å². The van der Waals surface area contributed by atoms with Gasteiger partial charge in [-0.25, -0.2) is 0 Å². The number of benzene rings is 1. The second-order valence-electron chi connectivity index (χ2n) is 4.09. The van der Waals surface area contributed by atoms with Crippen LogP contribution in [-0.2, 0) is 17.6 Å². The van der Waals surface area contributed by atoms with Crippen molar-refractivity contribution in [1.29, 1.82) is 0 Å². The van der Waals surface area contributed by atoms with Crippen molar-refractivity contribution in [3.05, 3.63) is 21.7 Å². The molecule has 4 nitrogen and oxygen atoms in total. The van der Waals surface area contributed by atoms with E-state index < -0.39 is 5.97 Å². The van der Waals surface area contributed by atoms with Crippen LogP contribution in [0.1, 0.15) is 24.5 Å². The van der Waals surface area contributed by atoms with Gasteiger partial charge in [0.1, 0.15) is 13.2 Å². The maximum absolute atomic E-state index is 10.7. The molecule has 0 aromatic heterocycles. The zero-order valence-corrected chi connectivity index (χ0v) is 11.7. The Labute approximate surface area is 114 Å². The van der Waals surface area contributed by atoms with Crippen molar-refractivity contribution in [2.75, 3.05) is 13.2 Å². The maximum atomic E-state index is 10.7. The molecule has 0 spiro atoms. The molecule has 0 saturated heterocycles. The van der Waals surface area contributed by atoms with Gasteiger partial charge in [0, 0.05) is 16.5 Å². The monoisotopic (exact) mass is 314 g/mol. The number of ether oxygens (including phenoxy) is 2. The molecule has 1 heterocycles. The molecule has 5 heteroatoms. The number of fused-ring (bicyclic) bond motifs is 1. The van der Waals surface area contributed by atoms with Crippen molar-refractivity contribution in [3.8, 4) is 11.5 Å². The van der Waals surface area contributed by atoms with Crippen molar-refractivity contribution in [1.82, 2.24) is 0 Å². The van der Waals surface area contributed by atoms with E-state index >= 15 is 0 Å². The van der Waals surface area contributed by atoms with Gasteiger partial charge in [-0.05, 0) is 24.5 Å². The van der Waals surface area contributed by atoms with Gasteiger partial charge in [-0.3, -0.25) is 4.79 Å². The van der Waals surface area contributed by atoms with Crippen molar-refractivity contribution in [2.24, 2.45) is 0 Å². The van der Waals surface area contributed by atoms with E-state index in [1.165, 1.54) is 0 Å². The highest BCUT2D eigenvalue weighted by molar-refractivity contribution is 9.10. The molecule has 98 valence electrons. The van der Waals surface area contributed by atoms with Crippen LogP contribution in [0.4, 0.5) is 0 Å². The van der Waals surface area contributed by atoms with Gasteiger partial charge in [0.25, 0.3) is 0 Å². The lowest BCUT2D eigenvalue weighted by molar-refractivity contribution is -0.136. The molecule has 0 fully saturated rings.